The number of imidazole rings is 1. The third kappa shape index (κ3) is 2.35. The van der Waals surface area contributed by atoms with Gasteiger partial charge in [-0.15, -0.1) is 0 Å². The van der Waals surface area contributed by atoms with E-state index in [4.69, 9.17) is 4.74 Å². The molecular formula is C15H14N4O5. The summed E-state index contributed by atoms with van der Waals surface area (Å²) in [5.74, 6) is 0.0642. The molecule has 0 bridgehead atoms. The molecule has 0 amide bonds. The second kappa shape index (κ2) is 5.69. The molecule has 1 aromatic carbocycles. The van der Waals surface area contributed by atoms with E-state index in [2.05, 4.69) is 14.7 Å². The van der Waals surface area contributed by atoms with Crippen molar-refractivity contribution in [1.29, 1.82) is 0 Å². The molecular weight excluding hydrogens is 316 g/mol. The summed E-state index contributed by atoms with van der Waals surface area (Å²) in [6, 6.07) is 4.89. The first kappa shape index (κ1) is 15.5. The van der Waals surface area contributed by atoms with Crippen LogP contribution in [-0.4, -0.2) is 39.6 Å². The van der Waals surface area contributed by atoms with E-state index in [1.165, 1.54) is 20.4 Å². The fraction of sp³-hybridized carbons (Fsp3) is 0.200. The number of ether oxygens (including phenoxy) is 2. The van der Waals surface area contributed by atoms with Crippen LogP contribution in [-0.2, 0) is 11.8 Å². The van der Waals surface area contributed by atoms with Crippen molar-refractivity contribution in [3.05, 3.63) is 40.1 Å². The van der Waals surface area contributed by atoms with Crippen molar-refractivity contribution >= 4 is 22.7 Å². The summed E-state index contributed by atoms with van der Waals surface area (Å²) in [5.41, 5.74) is 1.90. The molecule has 1 N–H and O–H groups in total. The maximum absolute atomic E-state index is 11.6. The number of carbonyl (C=O) groups excluding carboxylic acids is 1. The third-order valence-electron chi connectivity index (χ3n) is 3.64. The minimum absolute atomic E-state index is 0.120. The number of benzene rings is 1. The molecule has 0 saturated carbocycles. The van der Waals surface area contributed by atoms with Gasteiger partial charge in [0.1, 0.15) is 5.69 Å². The smallest absolute Gasteiger partial charge is 0.337 e. The minimum atomic E-state index is -0.514. The maximum atomic E-state index is 11.6. The van der Waals surface area contributed by atoms with Crippen LogP contribution in [0, 0.1) is 10.1 Å². The molecule has 24 heavy (non-hydrogen) atoms. The fourth-order valence-electron chi connectivity index (χ4n) is 2.56. The maximum Gasteiger partial charge on any atom is 0.337 e. The SMILES string of the molecule is COC(=O)c1ccc2nc(-c3c(OC)c([N+](=O)[O-])cn3C)[nH]c2c1. The van der Waals surface area contributed by atoms with Crippen LogP contribution in [0.5, 0.6) is 5.75 Å². The Balaban J connectivity index is 2.17. The first-order valence-corrected chi connectivity index (χ1v) is 6.92. The molecule has 3 aromatic rings. The Morgan fingerprint density at radius 2 is 2.12 bits per heavy atom. The molecule has 0 radical (unpaired) electrons. The zero-order chi connectivity index (χ0) is 17.4. The summed E-state index contributed by atoms with van der Waals surface area (Å²) in [7, 11) is 4.33. The van der Waals surface area contributed by atoms with Crippen molar-refractivity contribution in [2.24, 2.45) is 7.05 Å². The number of H-pyrrole nitrogens is 1. The molecule has 0 aliphatic rings. The number of methoxy groups -OCH3 is 2. The number of nitrogens with zero attached hydrogens (tertiary/aromatic N) is 3. The highest BCUT2D eigenvalue weighted by Gasteiger charge is 2.26. The number of aromatic nitrogens is 3. The molecule has 124 valence electrons. The summed E-state index contributed by atoms with van der Waals surface area (Å²) >= 11 is 0. The van der Waals surface area contributed by atoms with Crippen LogP contribution in [0.4, 0.5) is 5.69 Å². The van der Waals surface area contributed by atoms with Crippen molar-refractivity contribution in [1.82, 2.24) is 14.5 Å². The Bertz CT molecular complexity index is 956. The van der Waals surface area contributed by atoms with Crippen molar-refractivity contribution < 1.29 is 19.2 Å². The molecule has 0 atom stereocenters. The van der Waals surface area contributed by atoms with Crippen molar-refractivity contribution in [3.8, 4) is 17.3 Å². The average Bonchev–Trinajstić information content (AvgIpc) is 3.13. The normalized spacial score (nSPS) is 10.8. The van der Waals surface area contributed by atoms with Gasteiger partial charge in [-0.1, -0.05) is 0 Å². The van der Waals surface area contributed by atoms with Crippen LogP contribution in [0.3, 0.4) is 0 Å². The highest BCUT2D eigenvalue weighted by atomic mass is 16.6. The number of hydrogen-bond acceptors (Lipinski definition) is 6. The second-order valence-corrected chi connectivity index (χ2v) is 5.07. The molecule has 9 nitrogen and oxygen atoms in total. The lowest BCUT2D eigenvalue weighted by Crippen LogP contribution is -2.00. The largest absolute Gasteiger partial charge is 0.489 e. The third-order valence-corrected chi connectivity index (χ3v) is 3.64. The predicted octanol–water partition coefficient (Wildman–Crippen LogP) is 2.27. The summed E-state index contributed by atoms with van der Waals surface area (Å²) in [5, 5.41) is 11.1. The van der Waals surface area contributed by atoms with Crippen LogP contribution < -0.4 is 4.74 Å². The zero-order valence-electron chi connectivity index (χ0n) is 13.2. The molecule has 2 heterocycles. The Morgan fingerprint density at radius 3 is 2.75 bits per heavy atom. The van der Waals surface area contributed by atoms with Crippen LogP contribution >= 0.6 is 0 Å². The molecule has 3 rings (SSSR count). The summed E-state index contributed by atoms with van der Waals surface area (Å²) < 4.78 is 11.4. The Morgan fingerprint density at radius 1 is 1.38 bits per heavy atom. The van der Waals surface area contributed by atoms with Gasteiger partial charge in [-0.2, -0.15) is 0 Å². The quantitative estimate of drug-likeness (QED) is 0.446. The fourth-order valence-corrected chi connectivity index (χ4v) is 2.56. The van der Waals surface area contributed by atoms with Crippen LogP contribution in [0.15, 0.2) is 24.4 Å². The average molecular weight is 330 g/mol. The summed E-state index contributed by atoms with van der Waals surface area (Å²) in [4.78, 5) is 29.7. The number of rotatable bonds is 4. The van der Waals surface area contributed by atoms with Gasteiger partial charge >= 0.3 is 11.7 Å². The van der Waals surface area contributed by atoms with Gasteiger partial charge in [0.15, 0.2) is 5.82 Å². The van der Waals surface area contributed by atoms with E-state index in [0.29, 0.717) is 28.1 Å². The highest BCUT2D eigenvalue weighted by molar-refractivity contribution is 5.94. The monoisotopic (exact) mass is 330 g/mol. The lowest BCUT2D eigenvalue weighted by Gasteiger charge is -2.02. The van der Waals surface area contributed by atoms with Crippen LogP contribution in [0.1, 0.15) is 10.4 Å². The van der Waals surface area contributed by atoms with Gasteiger partial charge in [0.2, 0.25) is 5.75 Å². The van der Waals surface area contributed by atoms with E-state index >= 15 is 0 Å². The zero-order valence-corrected chi connectivity index (χ0v) is 13.2. The molecule has 0 aliphatic heterocycles. The predicted molar refractivity (Wildman–Crippen MR) is 85.0 cm³/mol. The van der Waals surface area contributed by atoms with Gasteiger partial charge in [0.05, 0.1) is 41.9 Å². The number of aromatic amines is 1. The molecule has 2 aromatic heterocycles. The number of esters is 1. The molecule has 0 aliphatic carbocycles. The second-order valence-electron chi connectivity index (χ2n) is 5.07. The van der Waals surface area contributed by atoms with E-state index in [0.717, 1.165) is 0 Å². The van der Waals surface area contributed by atoms with E-state index < -0.39 is 10.9 Å². The van der Waals surface area contributed by atoms with Crippen molar-refractivity contribution in [2.75, 3.05) is 14.2 Å². The number of fused-ring (bicyclic) bond motifs is 1. The Hall–Kier alpha value is -3.36. The van der Waals surface area contributed by atoms with Crippen molar-refractivity contribution in [3.63, 3.8) is 0 Å². The van der Waals surface area contributed by atoms with Gasteiger partial charge in [0, 0.05) is 7.05 Å². The standard InChI is InChI=1S/C15H14N4O5/c1-18-7-11(19(21)22)13(23-2)12(18)14-16-9-5-4-8(15(20)24-3)6-10(9)17-14/h4-7H,1-3H3,(H,16,17). The van der Waals surface area contributed by atoms with E-state index in [1.54, 1.807) is 29.8 Å². The Labute approximate surface area is 136 Å². The van der Waals surface area contributed by atoms with Crippen molar-refractivity contribution in [2.45, 2.75) is 0 Å². The summed E-state index contributed by atoms with van der Waals surface area (Å²) in [6.45, 7) is 0. The van der Waals surface area contributed by atoms with E-state index in [-0.39, 0.29) is 11.4 Å². The van der Waals surface area contributed by atoms with Gasteiger partial charge in [-0.05, 0) is 18.2 Å². The number of nitrogens with one attached hydrogen (secondary N) is 1. The van der Waals surface area contributed by atoms with Gasteiger partial charge in [-0.25, -0.2) is 9.78 Å². The van der Waals surface area contributed by atoms with Gasteiger partial charge < -0.3 is 19.0 Å². The first-order chi connectivity index (χ1) is 11.5. The molecule has 0 fully saturated rings. The van der Waals surface area contributed by atoms with E-state index in [9.17, 15) is 14.9 Å². The molecule has 9 heteroatoms. The minimum Gasteiger partial charge on any atom is -0.489 e. The molecule has 0 spiro atoms. The van der Waals surface area contributed by atoms with Gasteiger partial charge in [-0.3, -0.25) is 10.1 Å². The Kier molecular flexibility index (Phi) is 3.68. The van der Waals surface area contributed by atoms with E-state index in [1.807, 2.05) is 0 Å². The number of hydrogen-bond donors (Lipinski definition) is 1. The number of carbonyl (C=O) groups is 1. The number of aryl methyl sites for hydroxylation is 1. The van der Waals surface area contributed by atoms with Crippen LogP contribution in [0.25, 0.3) is 22.6 Å². The molecule has 0 saturated heterocycles. The lowest BCUT2D eigenvalue weighted by molar-refractivity contribution is -0.385. The lowest BCUT2D eigenvalue weighted by atomic mass is 10.2. The van der Waals surface area contributed by atoms with Gasteiger partial charge in [0.25, 0.3) is 0 Å². The first-order valence-electron chi connectivity index (χ1n) is 6.92. The summed E-state index contributed by atoms with van der Waals surface area (Å²) in [6.07, 6.45) is 1.36. The number of nitro groups is 1. The highest BCUT2D eigenvalue weighted by Crippen LogP contribution is 2.38. The molecule has 0 unspecified atom stereocenters. The van der Waals surface area contributed by atoms with Crippen LogP contribution in [0.2, 0.25) is 0 Å². The topological polar surface area (TPSA) is 112 Å².